The highest BCUT2D eigenvalue weighted by Crippen LogP contribution is 2.24. The summed E-state index contributed by atoms with van der Waals surface area (Å²) in [5.74, 6) is 0.481. The molecule has 1 aromatic carbocycles. The fourth-order valence-electron chi connectivity index (χ4n) is 3.13. The molecule has 1 aromatic heterocycles. The maximum absolute atomic E-state index is 12.2. The highest BCUT2D eigenvalue weighted by atomic mass is 16.1. The van der Waals surface area contributed by atoms with Crippen molar-refractivity contribution in [1.82, 2.24) is 15.1 Å². The number of hydrogen-bond acceptors (Lipinski definition) is 3. The van der Waals surface area contributed by atoms with Crippen molar-refractivity contribution in [3.8, 4) is 5.69 Å². The highest BCUT2D eigenvalue weighted by Gasteiger charge is 2.27. The molecule has 116 valence electrons. The number of aromatic nitrogens is 2. The van der Waals surface area contributed by atoms with Gasteiger partial charge in [-0.05, 0) is 43.0 Å². The van der Waals surface area contributed by atoms with Crippen LogP contribution in [-0.4, -0.2) is 28.3 Å². The van der Waals surface area contributed by atoms with E-state index in [1.807, 2.05) is 36.5 Å². The van der Waals surface area contributed by atoms with Crippen molar-refractivity contribution in [2.24, 2.45) is 11.7 Å². The summed E-state index contributed by atoms with van der Waals surface area (Å²) >= 11 is 0. The third kappa shape index (κ3) is 3.36. The largest absolute Gasteiger partial charge is 0.353 e. The van der Waals surface area contributed by atoms with Crippen LogP contribution in [0.1, 0.15) is 24.8 Å². The molecular weight excluding hydrogens is 276 g/mol. The number of nitrogens with zero attached hydrogens (tertiary/aromatic N) is 2. The van der Waals surface area contributed by atoms with Gasteiger partial charge in [0.05, 0.1) is 18.3 Å². The lowest BCUT2D eigenvalue weighted by Gasteiger charge is -2.19. The van der Waals surface area contributed by atoms with Crippen molar-refractivity contribution >= 4 is 5.91 Å². The molecule has 0 bridgehead atoms. The van der Waals surface area contributed by atoms with E-state index in [1.54, 1.807) is 10.9 Å². The van der Waals surface area contributed by atoms with Crippen molar-refractivity contribution in [3.63, 3.8) is 0 Å². The Morgan fingerprint density at radius 1 is 1.32 bits per heavy atom. The molecule has 1 saturated carbocycles. The van der Waals surface area contributed by atoms with Crippen molar-refractivity contribution < 1.29 is 4.79 Å². The van der Waals surface area contributed by atoms with E-state index in [0.29, 0.717) is 18.9 Å². The Labute approximate surface area is 130 Å². The number of amides is 1. The number of nitrogens with one attached hydrogen (secondary N) is 1. The number of hydrogen-bond donors (Lipinski definition) is 2. The van der Waals surface area contributed by atoms with E-state index < -0.39 is 0 Å². The van der Waals surface area contributed by atoms with Gasteiger partial charge in [-0.25, -0.2) is 4.68 Å². The van der Waals surface area contributed by atoms with Gasteiger partial charge in [-0.3, -0.25) is 4.79 Å². The van der Waals surface area contributed by atoms with Crippen molar-refractivity contribution in [1.29, 1.82) is 0 Å². The Morgan fingerprint density at radius 2 is 2.14 bits per heavy atom. The SMILES string of the molecule is NCC1CCCC1NC(=O)Cc1cnn(-c2ccccc2)c1. The summed E-state index contributed by atoms with van der Waals surface area (Å²) < 4.78 is 1.79. The average molecular weight is 298 g/mol. The minimum atomic E-state index is 0.0537. The maximum atomic E-state index is 12.2. The third-order valence-corrected chi connectivity index (χ3v) is 4.33. The molecule has 0 aliphatic heterocycles. The zero-order valence-corrected chi connectivity index (χ0v) is 12.6. The zero-order chi connectivity index (χ0) is 15.4. The first-order chi connectivity index (χ1) is 10.8. The molecule has 0 spiro atoms. The van der Waals surface area contributed by atoms with E-state index in [-0.39, 0.29) is 11.9 Å². The molecule has 5 heteroatoms. The van der Waals surface area contributed by atoms with Gasteiger partial charge in [-0.1, -0.05) is 24.6 Å². The normalized spacial score (nSPS) is 21.0. The maximum Gasteiger partial charge on any atom is 0.224 e. The van der Waals surface area contributed by atoms with Crippen LogP contribution in [0.15, 0.2) is 42.7 Å². The topological polar surface area (TPSA) is 72.9 Å². The van der Waals surface area contributed by atoms with Crippen molar-refractivity contribution in [2.45, 2.75) is 31.7 Å². The third-order valence-electron chi connectivity index (χ3n) is 4.33. The van der Waals surface area contributed by atoms with E-state index in [0.717, 1.165) is 30.5 Å². The molecule has 1 aliphatic carbocycles. The van der Waals surface area contributed by atoms with E-state index in [9.17, 15) is 4.79 Å². The van der Waals surface area contributed by atoms with E-state index in [1.165, 1.54) is 0 Å². The van der Waals surface area contributed by atoms with Crippen LogP contribution in [0.5, 0.6) is 0 Å². The molecule has 2 aromatic rings. The number of rotatable bonds is 5. The minimum absolute atomic E-state index is 0.0537. The van der Waals surface area contributed by atoms with Crippen molar-refractivity contribution in [2.75, 3.05) is 6.54 Å². The van der Waals surface area contributed by atoms with E-state index >= 15 is 0 Å². The van der Waals surface area contributed by atoms with Crippen LogP contribution < -0.4 is 11.1 Å². The predicted molar refractivity (Wildman–Crippen MR) is 85.6 cm³/mol. The van der Waals surface area contributed by atoms with Gasteiger partial charge in [-0.2, -0.15) is 5.10 Å². The highest BCUT2D eigenvalue weighted by molar-refractivity contribution is 5.78. The smallest absolute Gasteiger partial charge is 0.224 e. The summed E-state index contributed by atoms with van der Waals surface area (Å²) in [5.41, 5.74) is 7.67. The quantitative estimate of drug-likeness (QED) is 0.881. The minimum Gasteiger partial charge on any atom is -0.353 e. The van der Waals surface area contributed by atoms with Crippen LogP contribution in [0.25, 0.3) is 5.69 Å². The lowest BCUT2D eigenvalue weighted by molar-refractivity contribution is -0.121. The molecule has 0 saturated heterocycles. The molecule has 5 nitrogen and oxygen atoms in total. The molecule has 22 heavy (non-hydrogen) atoms. The first kappa shape index (κ1) is 14.8. The van der Waals surface area contributed by atoms with Gasteiger partial charge < -0.3 is 11.1 Å². The molecule has 2 unspecified atom stereocenters. The summed E-state index contributed by atoms with van der Waals surface area (Å²) in [6.45, 7) is 0.650. The predicted octanol–water partition coefficient (Wildman–Crippen LogP) is 1.66. The van der Waals surface area contributed by atoms with Gasteiger partial charge in [0.2, 0.25) is 5.91 Å². The lowest BCUT2D eigenvalue weighted by atomic mass is 10.0. The van der Waals surface area contributed by atoms with Crippen LogP contribution in [0.2, 0.25) is 0 Å². The van der Waals surface area contributed by atoms with Crippen LogP contribution >= 0.6 is 0 Å². The Balaban J connectivity index is 1.59. The molecule has 1 amide bonds. The van der Waals surface area contributed by atoms with E-state index in [2.05, 4.69) is 10.4 Å². The Hall–Kier alpha value is -2.14. The monoisotopic (exact) mass is 298 g/mol. The van der Waals surface area contributed by atoms with Gasteiger partial charge in [0.15, 0.2) is 0 Å². The fourth-order valence-corrected chi connectivity index (χ4v) is 3.13. The molecule has 2 atom stereocenters. The first-order valence-corrected chi connectivity index (χ1v) is 7.84. The van der Waals surface area contributed by atoms with Crippen LogP contribution in [0, 0.1) is 5.92 Å². The second-order valence-electron chi connectivity index (χ2n) is 5.91. The molecule has 1 heterocycles. The number of nitrogens with two attached hydrogens (primary N) is 1. The average Bonchev–Trinajstić information content (AvgIpc) is 3.17. The van der Waals surface area contributed by atoms with Gasteiger partial charge in [-0.15, -0.1) is 0 Å². The molecule has 3 N–H and O–H groups in total. The summed E-state index contributed by atoms with van der Waals surface area (Å²) in [7, 11) is 0. The lowest BCUT2D eigenvalue weighted by Crippen LogP contribution is -2.40. The van der Waals surface area contributed by atoms with Crippen LogP contribution in [0.4, 0.5) is 0 Å². The summed E-state index contributed by atoms with van der Waals surface area (Å²) in [6.07, 6.45) is 7.33. The summed E-state index contributed by atoms with van der Waals surface area (Å²) in [5, 5.41) is 7.44. The van der Waals surface area contributed by atoms with Gasteiger partial charge in [0, 0.05) is 12.2 Å². The molecule has 0 radical (unpaired) electrons. The second kappa shape index (κ2) is 6.75. The molecule has 1 fully saturated rings. The van der Waals surface area contributed by atoms with Crippen LogP contribution in [0.3, 0.4) is 0 Å². The van der Waals surface area contributed by atoms with Gasteiger partial charge >= 0.3 is 0 Å². The summed E-state index contributed by atoms with van der Waals surface area (Å²) in [6, 6.07) is 10.1. The summed E-state index contributed by atoms with van der Waals surface area (Å²) in [4.78, 5) is 12.2. The van der Waals surface area contributed by atoms with E-state index in [4.69, 9.17) is 5.73 Å². The standard InChI is InChI=1S/C17H22N4O/c18-10-14-5-4-8-16(14)20-17(22)9-13-11-19-21(12-13)15-6-2-1-3-7-15/h1-3,6-7,11-12,14,16H,4-5,8-10,18H2,(H,20,22). The van der Waals surface area contributed by atoms with Crippen molar-refractivity contribution in [3.05, 3.63) is 48.3 Å². The number of benzene rings is 1. The second-order valence-corrected chi connectivity index (χ2v) is 5.91. The van der Waals surface area contributed by atoms with Gasteiger partial charge in [0.25, 0.3) is 0 Å². The molecular formula is C17H22N4O. The molecule has 1 aliphatic rings. The van der Waals surface area contributed by atoms with Crippen LogP contribution in [-0.2, 0) is 11.2 Å². The molecule has 3 rings (SSSR count). The first-order valence-electron chi connectivity index (χ1n) is 7.84. The Morgan fingerprint density at radius 3 is 2.91 bits per heavy atom. The Kier molecular flexibility index (Phi) is 4.53. The number of para-hydroxylation sites is 1. The Bertz CT molecular complexity index is 623. The zero-order valence-electron chi connectivity index (χ0n) is 12.6. The number of carbonyl (C=O) groups is 1. The fraction of sp³-hybridized carbons (Fsp3) is 0.412. The number of carbonyl (C=O) groups excluding carboxylic acids is 1. The van der Waals surface area contributed by atoms with Gasteiger partial charge in [0.1, 0.15) is 0 Å².